The van der Waals surface area contributed by atoms with E-state index in [9.17, 15) is 9.36 Å². The Morgan fingerprint density at radius 2 is 1.82 bits per heavy atom. The highest BCUT2D eigenvalue weighted by Gasteiger charge is 2.27. The number of hydrogen-bond donors (Lipinski definition) is 0. The summed E-state index contributed by atoms with van der Waals surface area (Å²) < 4.78 is 12.3. The van der Waals surface area contributed by atoms with Gasteiger partial charge in [0.15, 0.2) is 11.3 Å². The summed E-state index contributed by atoms with van der Waals surface area (Å²) in [7, 11) is 0. The molecule has 92 valence electrons. The number of ketones is 1. The normalized spacial score (nSPS) is 18.8. The smallest absolute Gasteiger partial charge is 0.191 e. The summed E-state index contributed by atoms with van der Waals surface area (Å²) in [6.07, 6.45) is 2.07. The molecule has 5 heteroatoms. The lowest BCUT2D eigenvalue weighted by Crippen LogP contribution is -2.03. The van der Waals surface area contributed by atoms with Crippen LogP contribution in [0, 0.1) is 0 Å². The first-order chi connectivity index (χ1) is 8.20. The van der Waals surface area contributed by atoms with Crippen molar-refractivity contribution < 1.29 is 9.36 Å². The molecular formula is C12H15O2PS2. The third-order valence-electron chi connectivity index (χ3n) is 2.57. The van der Waals surface area contributed by atoms with Crippen LogP contribution in [-0.2, 0) is 4.57 Å². The molecule has 0 aliphatic carbocycles. The quantitative estimate of drug-likeness (QED) is 0.609. The molecule has 0 amide bonds. The van der Waals surface area contributed by atoms with Crippen molar-refractivity contribution in [2.24, 2.45) is 0 Å². The molecule has 0 N–H and O–H groups in total. The Morgan fingerprint density at radius 3 is 2.47 bits per heavy atom. The van der Waals surface area contributed by atoms with Gasteiger partial charge in [-0.05, 0) is 6.42 Å². The number of carbonyl (C=O) groups is 1. The summed E-state index contributed by atoms with van der Waals surface area (Å²) in [6, 6.07) is 9.25. The molecule has 1 aliphatic heterocycles. The monoisotopic (exact) mass is 286 g/mol. The van der Waals surface area contributed by atoms with Gasteiger partial charge in [-0.3, -0.25) is 4.79 Å². The van der Waals surface area contributed by atoms with Gasteiger partial charge in [0.1, 0.15) is 0 Å². The van der Waals surface area contributed by atoms with E-state index in [2.05, 4.69) is 0 Å². The van der Waals surface area contributed by atoms with Crippen molar-refractivity contribution in [1.29, 1.82) is 0 Å². The highest BCUT2D eigenvalue weighted by atomic mass is 33.1. The van der Waals surface area contributed by atoms with Crippen LogP contribution < -0.4 is 0 Å². The van der Waals surface area contributed by atoms with Gasteiger partial charge in [-0.25, -0.2) is 0 Å². The maximum absolute atomic E-state index is 12.3. The minimum atomic E-state index is -2.18. The van der Waals surface area contributed by atoms with Gasteiger partial charge in [0.25, 0.3) is 0 Å². The summed E-state index contributed by atoms with van der Waals surface area (Å²) in [5.74, 6) is 2.06. The van der Waals surface area contributed by atoms with E-state index in [0.717, 1.165) is 23.5 Å². The molecule has 0 spiro atoms. The molecule has 2 nitrogen and oxygen atoms in total. The first kappa shape index (κ1) is 13.3. The van der Waals surface area contributed by atoms with E-state index in [1.165, 1.54) is 0 Å². The number of hydrogen-bond acceptors (Lipinski definition) is 4. The molecule has 0 aromatic heterocycles. The molecular weight excluding hydrogens is 271 g/mol. The molecule has 0 unspecified atom stereocenters. The number of rotatable bonds is 4. The van der Waals surface area contributed by atoms with Crippen molar-refractivity contribution in [3.63, 3.8) is 0 Å². The Bertz CT molecular complexity index is 423. The SMILES string of the molecule is O=C(CCP1(=O)SCCCS1)c1ccccc1. The minimum Gasteiger partial charge on any atom is -0.300 e. The minimum absolute atomic E-state index is 0.104. The zero-order valence-electron chi connectivity index (χ0n) is 9.50. The van der Waals surface area contributed by atoms with Crippen LogP contribution in [0.25, 0.3) is 0 Å². The number of benzene rings is 1. The highest BCUT2D eigenvalue weighted by Crippen LogP contribution is 2.71. The lowest BCUT2D eigenvalue weighted by molar-refractivity contribution is 0.0989. The largest absolute Gasteiger partial charge is 0.300 e. The standard InChI is InChI=1S/C12H15O2PS2/c13-12(11-5-2-1-3-6-11)7-8-15(14)16-9-4-10-17-15/h1-3,5-6H,4,7-10H2. The Labute approximate surface area is 110 Å². The van der Waals surface area contributed by atoms with Crippen LogP contribution in [-0.4, -0.2) is 23.5 Å². The molecule has 2 rings (SSSR count). The maximum atomic E-state index is 12.3. The summed E-state index contributed by atoms with van der Waals surface area (Å²) in [6.45, 7) is 0. The maximum Gasteiger partial charge on any atom is 0.191 e. The predicted octanol–water partition coefficient (Wildman–Crippen LogP) is 4.32. The van der Waals surface area contributed by atoms with Crippen LogP contribution in [0.4, 0.5) is 0 Å². The first-order valence-corrected chi connectivity index (χ1v) is 10.7. The van der Waals surface area contributed by atoms with Crippen molar-refractivity contribution in [1.82, 2.24) is 0 Å². The number of Topliss-reactive ketones (excluding diaryl/α,β-unsaturated/α-hetero) is 1. The van der Waals surface area contributed by atoms with Gasteiger partial charge in [0.2, 0.25) is 0 Å². The van der Waals surface area contributed by atoms with E-state index in [-0.39, 0.29) is 5.78 Å². The second kappa shape index (κ2) is 6.12. The van der Waals surface area contributed by atoms with E-state index >= 15 is 0 Å². The lowest BCUT2D eigenvalue weighted by Gasteiger charge is -2.20. The molecule has 1 aromatic rings. The molecule has 17 heavy (non-hydrogen) atoms. The second-order valence-corrected chi connectivity index (χ2v) is 12.7. The van der Waals surface area contributed by atoms with Crippen molar-refractivity contribution in [2.45, 2.75) is 12.8 Å². The molecule has 1 saturated heterocycles. The molecule has 0 bridgehead atoms. The van der Waals surface area contributed by atoms with E-state index in [0.29, 0.717) is 12.6 Å². The third kappa shape index (κ3) is 3.90. The zero-order chi connectivity index (χ0) is 12.1. The Kier molecular flexibility index (Phi) is 4.78. The van der Waals surface area contributed by atoms with Gasteiger partial charge in [-0.2, -0.15) is 0 Å². The molecule has 1 aromatic carbocycles. The van der Waals surface area contributed by atoms with Crippen LogP contribution in [0.15, 0.2) is 30.3 Å². The second-order valence-electron chi connectivity index (χ2n) is 3.89. The predicted molar refractivity (Wildman–Crippen MR) is 77.4 cm³/mol. The molecule has 1 fully saturated rings. The van der Waals surface area contributed by atoms with E-state index < -0.39 is 5.55 Å². The zero-order valence-corrected chi connectivity index (χ0v) is 12.0. The van der Waals surface area contributed by atoms with Crippen molar-refractivity contribution in [3.05, 3.63) is 35.9 Å². The Hall–Kier alpha value is -0.180. The average Bonchev–Trinajstić information content (AvgIpc) is 2.38. The molecule has 0 atom stereocenters. The fourth-order valence-corrected chi connectivity index (χ4v) is 9.74. The molecule has 0 radical (unpaired) electrons. The van der Waals surface area contributed by atoms with E-state index in [4.69, 9.17) is 0 Å². The van der Waals surface area contributed by atoms with Crippen LogP contribution in [0.2, 0.25) is 0 Å². The van der Waals surface area contributed by atoms with Gasteiger partial charge in [0, 0.05) is 29.7 Å². The Balaban J connectivity index is 1.90. The van der Waals surface area contributed by atoms with Crippen LogP contribution in [0.1, 0.15) is 23.2 Å². The average molecular weight is 286 g/mol. The first-order valence-electron chi connectivity index (χ1n) is 5.66. The van der Waals surface area contributed by atoms with Crippen LogP contribution in [0.5, 0.6) is 0 Å². The summed E-state index contributed by atoms with van der Waals surface area (Å²) in [4.78, 5) is 11.9. The van der Waals surface area contributed by atoms with Gasteiger partial charge in [0.05, 0.1) is 0 Å². The summed E-state index contributed by atoms with van der Waals surface area (Å²) in [5, 5.41) is 0. The van der Waals surface area contributed by atoms with E-state index in [1.807, 2.05) is 30.3 Å². The van der Waals surface area contributed by atoms with E-state index in [1.54, 1.807) is 22.8 Å². The summed E-state index contributed by atoms with van der Waals surface area (Å²) >= 11 is 3.14. The summed E-state index contributed by atoms with van der Waals surface area (Å²) in [5.41, 5.74) is -1.45. The van der Waals surface area contributed by atoms with Gasteiger partial charge in [-0.1, -0.05) is 53.1 Å². The lowest BCUT2D eigenvalue weighted by atomic mass is 10.1. The van der Waals surface area contributed by atoms with Crippen LogP contribution >= 0.6 is 28.3 Å². The molecule has 1 heterocycles. The molecule has 0 saturated carbocycles. The highest BCUT2D eigenvalue weighted by molar-refractivity contribution is 8.90. The van der Waals surface area contributed by atoms with Gasteiger partial charge in [-0.15, -0.1) is 0 Å². The van der Waals surface area contributed by atoms with Crippen molar-refractivity contribution >= 4 is 34.1 Å². The van der Waals surface area contributed by atoms with Crippen molar-refractivity contribution in [3.8, 4) is 0 Å². The topological polar surface area (TPSA) is 34.1 Å². The van der Waals surface area contributed by atoms with Gasteiger partial charge < -0.3 is 4.57 Å². The van der Waals surface area contributed by atoms with Gasteiger partial charge >= 0.3 is 0 Å². The fraction of sp³-hybridized carbons (Fsp3) is 0.417. The van der Waals surface area contributed by atoms with Crippen LogP contribution in [0.3, 0.4) is 0 Å². The molecule has 1 aliphatic rings. The Morgan fingerprint density at radius 1 is 1.18 bits per heavy atom. The third-order valence-corrected chi connectivity index (χ3v) is 11.5. The number of carbonyl (C=O) groups excluding carboxylic acids is 1. The fourth-order valence-electron chi connectivity index (χ4n) is 1.64. The van der Waals surface area contributed by atoms with Crippen molar-refractivity contribution in [2.75, 3.05) is 17.7 Å².